The molecule has 4 N–H and O–H groups in total. The Morgan fingerprint density at radius 2 is 1.69 bits per heavy atom. The summed E-state index contributed by atoms with van der Waals surface area (Å²) >= 11 is 0. The summed E-state index contributed by atoms with van der Waals surface area (Å²) in [7, 11) is -5.78. The number of alkyl halides is 2. The van der Waals surface area contributed by atoms with Gasteiger partial charge in [-0.3, -0.25) is 24.3 Å². The van der Waals surface area contributed by atoms with Crippen LogP contribution in [0.1, 0.15) is 40.4 Å². The fourth-order valence-corrected chi connectivity index (χ4v) is 4.44. The molecule has 0 saturated heterocycles. The molecule has 3 aromatic carbocycles. The van der Waals surface area contributed by atoms with E-state index in [-0.39, 0.29) is 55.3 Å². The highest BCUT2D eigenvalue weighted by atomic mass is 31.2. The molecule has 2 amide bonds. The van der Waals surface area contributed by atoms with Gasteiger partial charge in [-0.2, -0.15) is 8.78 Å². The van der Waals surface area contributed by atoms with Crippen LogP contribution in [0.3, 0.4) is 0 Å². The number of carbonyl (C=O) groups excluding carboxylic acids is 3. The van der Waals surface area contributed by atoms with Crippen molar-refractivity contribution in [1.29, 1.82) is 0 Å². The number of Topliss-reactive ketones (excluding diaryl/α,β-unsaturated/α-hetero) is 1. The Labute approximate surface area is 255 Å². The summed E-state index contributed by atoms with van der Waals surface area (Å²) in [6, 6.07) is 15.2. The van der Waals surface area contributed by atoms with Gasteiger partial charge in [-0.15, -0.1) is 0 Å². The van der Waals surface area contributed by atoms with E-state index in [2.05, 4.69) is 10.6 Å². The number of amides is 2. The lowest BCUT2D eigenvalue weighted by Crippen LogP contribution is -2.48. The SMILES string of the molecule is CC(=O)c1ccc(OCCCNC(=O)[C@H](Cc2ccc(C(F)(F)P(=O)(O)O)cc2)NC(=O)OCc2ccccc2)c([N+](=O)[O-])c1. The third-order valence-electron chi connectivity index (χ3n) is 6.37. The van der Waals surface area contributed by atoms with Crippen molar-refractivity contribution in [3.63, 3.8) is 0 Å². The minimum Gasteiger partial charge on any atom is -0.487 e. The molecule has 0 aromatic heterocycles. The lowest BCUT2D eigenvalue weighted by atomic mass is 10.0. The molecule has 0 spiro atoms. The van der Waals surface area contributed by atoms with Crippen LogP contribution in [-0.2, 0) is 32.8 Å². The van der Waals surface area contributed by atoms with Crippen LogP contribution in [0.2, 0.25) is 0 Å². The Morgan fingerprint density at radius 1 is 1.02 bits per heavy atom. The third-order valence-corrected chi connectivity index (χ3v) is 7.36. The van der Waals surface area contributed by atoms with Gasteiger partial charge in [0.2, 0.25) is 5.91 Å². The molecule has 13 nitrogen and oxygen atoms in total. The fourth-order valence-electron chi connectivity index (χ4n) is 3.95. The molecule has 0 saturated carbocycles. The van der Waals surface area contributed by atoms with Gasteiger partial charge in [-0.1, -0.05) is 54.6 Å². The number of nitrogens with zero attached hydrogens (tertiary/aromatic N) is 1. The van der Waals surface area contributed by atoms with Gasteiger partial charge in [0.05, 0.1) is 11.5 Å². The van der Waals surface area contributed by atoms with Crippen molar-refractivity contribution in [2.24, 2.45) is 0 Å². The van der Waals surface area contributed by atoms with Crippen molar-refractivity contribution >= 4 is 31.1 Å². The number of benzene rings is 3. The maximum absolute atomic E-state index is 14.0. The zero-order valence-electron chi connectivity index (χ0n) is 23.9. The van der Waals surface area contributed by atoms with E-state index in [4.69, 9.17) is 19.3 Å². The Kier molecular flexibility index (Phi) is 11.8. The predicted octanol–water partition coefficient (Wildman–Crippen LogP) is 4.45. The molecular formula is C29H30F2N3O10P. The number of nitrogens with one attached hydrogen (secondary N) is 2. The second-order valence-corrected chi connectivity index (χ2v) is 11.4. The van der Waals surface area contributed by atoms with Crippen LogP contribution in [0.5, 0.6) is 5.75 Å². The van der Waals surface area contributed by atoms with Gasteiger partial charge in [0.25, 0.3) is 0 Å². The van der Waals surface area contributed by atoms with E-state index >= 15 is 0 Å². The summed E-state index contributed by atoms with van der Waals surface area (Å²) < 4.78 is 49.9. The molecule has 3 rings (SSSR count). The maximum atomic E-state index is 14.0. The number of halogens is 2. The molecule has 16 heteroatoms. The number of ketones is 1. The second kappa shape index (κ2) is 15.3. The summed E-state index contributed by atoms with van der Waals surface area (Å²) in [6.07, 6.45) is -0.943. The Hall–Kier alpha value is -4.72. The quantitative estimate of drug-likeness (QED) is 0.0601. The molecule has 0 aliphatic rings. The number of hydrogen-bond donors (Lipinski definition) is 4. The normalized spacial score (nSPS) is 12.1. The lowest BCUT2D eigenvalue weighted by molar-refractivity contribution is -0.385. The minimum absolute atomic E-state index is 0.0167. The largest absolute Gasteiger partial charge is 0.487 e. The first-order chi connectivity index (χ1) is 21.2. The number of ether oxygens (including phenoxy) is 2. The van der Waals surface area contributed by atoms with E-state index in [0.717, 1.165) is 30.3 Å². The summed E-state index contributed by atoms with van der Waals surface area (Å²) in [6.45, 7) is 1.15. The summed E-state index contributed by atoms with van der Waals surface area (Å²) in [5.74, 6) is -1.09. The molecule has 1 atom stereocenters. The van der Waals surface area contributed by atoms with Crippen molar-refractivity contribution < 1.29 is 51.9 Å². The van der Waals surface area contributed by atoms with Gasteiger partial charge in [0.1, 0.15) is 12.6 Å². The fraction of sp³-hybridized carbons (Fsp3) is 0.276. The first kappa shape index (κ1) is 34.8. The number of rotatable bonds is 15. The van der Waals surface area contributed by atoms with E-state index in [1.54, 1.807) is 30.3 Å². The lowest BCUT2D eigenvalue weighted by Gasteiger charge is -2.20. The minimum atomic E-state index is -5.78. The van der Waals surface area contributed by atoms with Crippen LogP contribution < -0.4 is 15.4 Å². The second-order valence-electron chi connectivity index (χ2n) is 9.73. The summed E-state index contributed by atoms with van der Waals surface area (Å²) in [5, 5.41) is 16.4. The van der Waals surface area contributed by atoms with Gasteiger partial charge in [0.15, 0.2) is 11.5 Å². The topological polar surface area (TPSA) is 194 Å². The average Bonchev–Trinajstić information content (AvgIpc) is 2.99. The molecule has 0 fully saturated rings. The van der Waals surface area contributed by atoms with Gasteiger partial charge < -0.3 is 29.9 Å². The van der Waals surface area contributed by atoms with Crippen molar-refractivity contribution in [2.75, 3.05) is 13.2 Å². The summed E-state index contributed by atoms with van der Waals surface area (Å²) in [5.41, 5.74) is -4.62. The molecule has 0 aliphatic heterocycles. The van der Waals surface area contributed by atoms with E-state index in [0.29, 0.717) is 5.56 Å². The zero-order chi connectivity index (χ0) is 33.2. The smallest absolute Gasteiger partial charge is 0.408 e. The highest BCUT2D eigenvalue weighted by molar-refractivity contribution is 7.52. The Morgan fingerprint density at radius 3 is 2.29 bits per heavy atom. The van der Waals surface area contributed by atoms with Crippen LogP contribution >= 0.6 is 7.60 Å². The predicted molar refractivity (Wildman–Crippen MR) is 156 cm³/mol. The number of nitro benzene ring substituents is 1. The molecule has 3 aromatic rings. The van der Waals surface area contributed by atoms with Crippen LogP contribution in [-0.4, -0.2) is 51.7 Å². The maximum Gasteiger partial charge on any atom is 0.408 e. The van der Waals surface area contributed by atoms with Crippen LogP contribution in [0.25, 0.3) is 0 Å². The molecule has 0 bridgehead atoms. The van der Waals surface area contributed by atoms with E-state index < -0.39 is 47.5 Å². The highest BCUT2D eigenvalue weighted by Gasteiger charge is 2.50. The average molecular weight is 650 g/mol. The molecular weight excluding hydrogens is 619 g/mol. The number of alkyl carbamates (subject to hydrolysis) is 1. The van der Waals surface area contributed by atoms with Crippen molar-refractivity contribution in [2.45, 2.75) is 38.1 Å². The van der Waals surface area contributed by atoms with Crippen LogP contribution in [0.15, 0.2) is 72.8 Å². The zero-order valence-corrected chi connectivity index (χ0v) is 24.7. The first-order valence-electron chi connectivity index (χ1n) is 13.4. The number of hydrogen-bond acceptors (Lipinski definition) is 8. The Balaban J connectivity index is 1.64. The van der Waals surface area contributed by atoms with Crippen LogP contribution in [0, 0.1) is 10.1 Å². The van der Waals surface area contributed by atoms with Gasteiger partial charge >= 0.3 is 25.0 Å². The van der Waals surface area contributed by atoms with E-state index in [9.17, 15) is 37.8 Å². The molecule has 45 heavy (non-hydrogen) atoms. The van der Waals surface area contributed by atoms with E-state index in [1.165, 1.54) is 19.1 Å². The van der Waals surface area contributed by atoms with Crippen molar-refractivity contribution in [3.05, 3.63) is 105 Å². The molecule has 0 aliphatic carbocycles. The standard InChI is InChI=1S/C29H30F2N3O10P/c1-19(35)22-10-13-26(25(17-22)34(38)39)43-15-5-14-32-27(36)24(33-28(37)44-18-21-6-3-2-4-7-21)16-20-8-11-23(12-9-20)29(30,31)45(40,41)42/h2-4,6-13,17,24H,5,14-16,18H2,1H3,(H,32,36)(H,33,37)(H2,40,41,42)/t24-/m0/s1. The number of nitro groups is 1. The molecule has 0 radical (unpaired) electrons. The van der Waals surface area contributed by atoms with Gasteiger partial charge in [-0.25, -0.2) is 4.79 Å². The third kappa shape index (κ3) is 9.89. The summed E-state index contributed by atoms with van der Waals surface area (Å²) in [4.78, 5) is 65.7. The highest BCUT2D eigenvalue weighted by Crippen LogP contribution is 2.59. The van der Waals surface area contributed by atoms with Gasteiger partial charge in [0, 0.05) is 30.2 Å². The van der Waals surface area contributed by atoms with E-state index in [1.807, 2.05) is 0 Å². The molecule has 240 valence electrons. The molecule has 0 heterocycles. The van der Waals surface area contributed by atoms with Crippen molar-refractivity contribution in [1.82, 2.24) is 10.6 Å². The molecule has 0 unspecified atom stereocenters. The monoisotopic (exact) mass is 649 g/mol. The number of carbonyl (C=O) groups is 3. The Bertz CT molecular complexity index is 1570. The van der Waals surface area contributed by atoms with Gasteiger partial charge in [-0.05, 0) is 36.6 Å². The first-order valence-corrected chi connectivity index (χ1v) is 15.0. The van der Waals surface area contributed by atoms with Crippen molar-refractivity contribution in [3.8, 4) is 5.75 Å². The van der Waals surface area contributed by atoms with Crippen LogP contribution in [0.4, 0.5) is 19.3 Å².